The van der Waals surface area contributed by atoms with Crippen LogP contribution >= 0.6 is 11.3 Å². The van der Waals surface area contributed by atoms with Crippen LogP contribution in [-0.2, 0) is 14.3 Å². The van der Waals surface area contributed by atoms with E-state index in [0.717, 1.165) is 30.6 Å². The number of amides is 1. The van der Waals surface area contributed by atoms with Crippen molar-refractivity contribution in [2.45, 2.75) is 71.4 Å². The third-order valence-electron chi connectivity index (χ3n) is 5.80. The number of aliphatic hydroxyl groups is 1. The van der Waals surface area contributed by atoms with Crippen LogP contribution < -0.4 is 4.90 Å². The maximum atomic E-state index is 13.5. The first kappa shape index (κ1) is 23.8. The number of carbonyl (C=O) groups is 2. The van der Waals surface area contributed by atoms with Gasteiger partial charge in [0.25, 0.3) is 5.91 Å². The molecule has 7 heteroatoms. The lowest BCUT2D eigenvalue weighted by molar-refractivity contribution is -0.138. The van der Waals surface area contributed by atoms with Gasteiger partial charge >= 0.3 is 5.97 Å². The Kier molecular flexibility index (Phi) is 7.79. The molecule has 1 N–H and O–H groups in total. The molecule has 1 aromatic heterocycles. The van der Waals surface area contributed by atoms with E-state index in [1.54, 1.807) is 4.90 Å². The number of rotatable bonds is 5. The number of methoxy groups -OCH3 is 1. The highest BCUT2D eigenvalue weighted by atomic mass is 32.1. The molecule has 170 valence electrons. The van der Waals surface area contributed by atoms with Crippen LogP contribution in [0.5, 0.6) is 0 Å². The van der Waals surface area contributed by atoms with Gasteiger partial charge in [-0.15, -0.1) is 11.3 Å². The number of nitrogens with zero attached hydrogens (tertiary/aromatic N) is 1. The number of thiophene rings is 1. The summed E-state index contributed by atoms with van der Waals surface area (Å²) >= 11 is 1.26. The van der Waals surface area contributed by atoms with Crippen LogP contribution in [0.25, 0.3) is 0 Å². The zero-order chi connectivity index (χ0) is 22.6. The van der Waals surface area contributed by atoms with E-state index in [9.17, 15) is 14.7 Å². The Balaban J connectivity index is 2.05. The Morgan fingerprint density at radius 3 is 2.65 bits per heavy atom. The van der Waals surface area contributed by atoms with E-state index >= 15 is 0 Å². The molecule has 1 aromatic rings. The zero-order valence-electron chi connectivity index (χ0n) is 18.9. The maximum Gasteiger partial charge on any atom is 0.350 e. The van der Waals surface area contributed by atoms with E-state index in [-0.39, 0.29) is 30.4 Å². The molecule has 1 aliphatic carbocycles. The Morgan fingerprint density at radius 2 is 2.03 bits per heavy atom. The highest BCUT2D eigenvalue weighted by molar-refractivity contribution is 7.15. The van der Waals surface area contributed by atoms with Gasteiger partial charge in [-0.2, -0.15) is 0 Å². The molecule has 0 radical (unpaired) electrons. The zero-order valence-corrected chi connectivity index (χ0v) is 19.7. The first-order valence-corrected chi connectivity index (χ1v) is 11.9. The Morgan fingerprint density at radius 1 is 1.32 bits per heavy atom. The van der Waals surface area contributed by atoms with Crippen molar-refractivity contribution in [1.82, 2.24) is 0 Å². The lowest BCUT2D eigenvalue weighted by Crippen LogP contribution is -2.57. The van der Waals surface area contributed by atoms with Gasteiger partial charge in [0.2, 0.25) is 0 Å². The smallest absolute Gasteiger partial charge is 0.350 e. The molecule has 2 aliphatic rings. The lowest BCUT2D eigenvalue weighted by atomic mass is 9.82. The van der Waals surface area contributed by atoms with Crippen LogP contribution in [-0.4, -0.2) is 49.5 Å². The maximum absolute atomic E-state index is 13.5. The summed E-state index contributed by atoms with van der Waals surface area (Å²) in [6.45, 7) is 6.36. The van der Waals surface area contributed by atoms with Gasteiger partial charge in [0.1, 0.15) is 11.0 Å². The summed E-state index contributed by atoms with van der Waals surface area (Å²) in [7, 11) is 1.35. The quantitative estimate of drug-likeness (QED) is 0.546. The van der Waals surface area contributed by atoms with E-state index in [1.807, 2.05) is 26.8 Å². The number of carbonyl (C=O) groups excluding carboxylic acids is 2. The first-order valence-electron chi connectivity index (χ1n) is 11.1. The molecular weight excluding hydrogens is 414 g/mol. The predicted octanol–water partition coefficient (Wildman–Crippen LogP) is 4.00. The number of morpholine rings is 1. The molecule has 1 aliphatic heterocycles. The average molecular weight is 448 g/mol. The normalized spacial score (nSPS) is 22.7. The molecule has 3 rings (SSSR count). The molecule has 0 spiro atoms. The van der Waals surface area contributed by atoms with Gasteiger partial charge in [-0.1, -0.05) is 31.1 Å². The van der Waals surface area contributed by atoms with Gasteiger partial charge in [0, 0.05) is 18.4 Å². The van der Waals surface area contributed by atoms with Gasteiger partial charge in [0.05, 0.1) is 30.3 Å². The van der Waals surface area contributed by atoms with Crippen molar-refractivity contribution in [2.24, 2.45) is 11.3 Å². The largest absolute Gasteiger partial charge is 0.465 e. The van der Waals surface area contributed by atoms with Crippen molar-refractivity contribution in [3.8, 4) is 11.8 Å². The highest BCUT2D eigenvalue weighted by Gasteiger charge is 2.42. The summed E-state index contributed by atoms with van der Waals surface area (Å²) in [5.41, 5.74) is 0.378. The van der Waals surface area contributed by atoms with Crippen molar-refractivity contribution >= 4 is 28.9 Å². The minimum absolute atomic E-state index is 0.131. The summed E-state index contributed by atoms with van der Waals surface area (Å²) < 4.78 is 10.9. The second kappa shape index (κ2) is 10.2. The SMILES string of the molecule is COC(=O)c1sc(C#CC(C)(C)C)cc1N1C(=O)[C@@H](CCO)OC[C@H]1C1CCCCC1. The van der Waals surface area contributed by atoms with E-state index in [2.05, 4.69) is 11.8 Å². The molecule has 1 saturated carbocycles. The summed E-state index contributed by atoms with van der Waals surface area (Å²) in [5, 5.41) is 9.40. The summed E-state index contributed by atoms with van der Waals surface area (Å²) in [5.74, 6) is 6.01. The predicted molar refractivity (Wildman–Crippen MR) is 121 cm³/mol. The van der Waals surface area contributed by atoms with Crippen LogP contribution in [0.4, 0.5) is 5.69 Å². The van der Waals surface area contributed by atoms with Crippen molar-refractivity contribution in [2.75, 3.05) is 25.2 Å². The number of esters is 1. The van der Waals surface area contributed by atoms with Crippen LogP contribution in [0.3, 0.4) is 0 Å². The van der Waals surface area contributed by atoms with Gasteiger partial charge in [-0.3, -0.25) is 4.79 Å². The fraction of sp³-hybridized carbons (Fsp3) is 0.667. The highest BCUT2D eigenvalue weighted by Crippen LogP contribution is 2.39. The summed E-state index contributed by atoms with van der Waals surface area (Å²) in [4.78, 5) is 29.0. The molecular formula is C24H33NO5S. The van der Waals surface area contributed by atoms with Crippen molar-refractivity contribution in [3.63, 3.8) is 0 Å². The monoisotopic (exact) mass is 447 g/mol. The molecule has 0 aromatic carbocycles. The van der Waals surface area contributed by atoms with Crippen molar-refractivity contribution < 1.29 is 24.2 Å². The number of hydrogen-bond acceptors (Lipinski definition) is 6. The van der Waals surface area contributed by atoms with Crippen molar-refractivity contribution in [1.29, 1.82) is 0 Å². The van der Waals surface area contributed by atoms with E-state index in [4.69, 9.17) is 9.47 Å². The Hall–Kier alpha value is -1.88. The Labute approximate surface area is 188 Å². The van der Waals surface area contributed by atoms with Gasteiger partial charge in [-0.05, 0) is 45.6 Å². The molecule has 2 heterocycles. The molecule has 2 fully saturated rings. The molecule has 31 heavy (non-hydrogen) atoms. The molecule has 6 nitrogen and oxygen atoms in total. The molecule has 1 saturated heterocycles. The minimum Gasteiger partial charge on any atom is -0.465 e. The average Bonchev–Trinajstić information content (AvgIpc) is 3.17. The van der Waals surface area contributed by atoms with E-state index < -0.39 is 12.1 Å². The van der Waals surface area contributed by atoms with Crippen LogP contribution in [0.15, 0.2) is 6.07 Å². The van der Waals surface area contributed by atoms with Gasteiger partial charge in [0.15, 0.2) is 0 Å². The van der Waals surface area contributed by atoms with E-state index in [1.165, 1.54) is 24.9 Å². The van der Waals surface area contributed by atoms with Crippen molar-refractivity contribution in [3.05, 3.63) is 15.8 Å². The number of ether oxygens (including phenoxy) is 2. The molecule has 0 bridgehead atoms. The van der Waals surface area contributed by atoms with Crippen LogP contribution in [0.2, 0.25) is 0 Å². The second-order valence-electron chi connectivity index (χ2n) is 9.32. The second-order valence-corrected chi connectivity index (χ2v) is 10.4. The summed E-state index contributed by atoms with van der Waals surface area (Å²) in [6, 6.07) is 1.70. The standard InChI is InChI=1S/C24H33NO5S/c1-24(2,3)12-10-17-14-18(21(31-17)23(28)29-4)25-19(16-8-6-5-7-9-16)15-30-20(11-13-26)22(25)27/h14,16,19-20,26H,5-9,11,13,15H2,1-4H3/t19-,20+/m0/s1. The van der Waals surface area contributed by atoms with Gasteiger partial charge < -0.3 is 19.5 Å². The molecule has 1 amide bonds. The van der Waals surface area contributed by atoms with Gasteiger partial charge in [-0.25, -0.2) is 4.79 Å². The number of hydrogen-bond donors (Lipinski definition) is 1. The fourth-order valence-corrected chi connectivity index (χ4v) is 5.20. The van der Waals surface area contributed by atoms with Crippen LogP contribution in [0.1, 0.15) is 73.8 Å². The Bertz CT molecular complexity index is 854. The topological polar surface area (TPSA) is 76.1 Å². The van der Waals surface area contributed by atoms with Crippen LogP contribution in [0, 0.1) is 23.2 Å². The fourth-order valence-electron chi connectivity index (χ4n) is 4.28. The van der Waals surface area contributed by atoms with E-state index in [0.29, 0.717) is 23.1 Å². The lowest BCUT2D eigenvalue weighted by Gasteiger charge is -2.43. The first-order chi connectivity index (χ1) is 14.7. The number of aliphatic hydroxyl groups excluding tert-OH is 1. The number of anilines is 1. The third kappa shape index (κ3) is 5.68. The summed E-state index contributed by atoms with van der Waals surface area (Å²) in [6.07, 6.45) is 5.09. The molecule has 0 unspecified atom stereocenters. The third-order valence-corrected chi connectivity index (χ3v) is 6.82. The minimum atomic E-state index is -0.709. The molecule has 2 atom stereocenters.